The van der Waals surface area contributed by atoms with Gasteiger partial charge in [0.2, 0.25) is 5.91 Å². The predicted molar refractivity (Wildman–Crippen MR) is 95.1 cm³/mol. The molecule has 5 nitrogen and oxygen atoms in total. The second-order valence-electron chi connectivity index (χ2n) is 6.28. The van der Waals surface area contributed by atoms with E-state index in [0.717, 1.165) is 43.5 Å². The van der Waals surface area contributed by atoms with Gasteiger partial charge in [0.1, 0.15) is 0 Å². The molecule has 2 aromatic heterocycles. The van der Waals surface area contributed by atoms with Crippen LogP contribution in [0.2, 0.25) is 0 Å². The molecule has 3 heterocycles. The number of amides is 1. The van der Waals surface area contributed by atoms with Crippen LogP contribution in [0.25, 0.3) is 0 Å². The van der Waals surface area contributed by atoms with Crippen molar-refractivity contribution in [2.24, 2.45) is 0 Å². The molecule has 0 saturated carbocycles. The summed E-state index contributed by atoms with van der Waals surface area (Å²) >= 11 is 1.19. The molecule has 24 heavy (non-hydrogen) atoms. The van der Waals surface area contributed by atoms with Gasteiger partial charge in [-0.15, -0.1) is 0 Å². The minimum atomic E-state index is 0.0156. The first-order chi connectivity index (χ1) is 11.7. The Bertz CT molecular complexity index is 738. The lowest BCUT2D eigenvalue weighted by Crippen LogP contribution is -2.35. The Morgan fingerprint density at radius 1 is 1.29 bits per heavy atom. The van der Waals surface area contributed by atoms with Gasteiger partial charge in [0, 0.05) is 43.0 Å². The van der Waals surface area contributed by atoms with Gasteiger partial charge in [-0.25, -0.2) is 0 Å². The summed E-state index contributed by atoms with van der Waals surface area (Å²) in [4.78, 5) is 30.8. The Morgan fingerprint density at radius 3 is 2.79 bits per heavy atom. The van der Waals surface area contributed by atoms with Crippen molar-refractivity contribution in [2.45, 2.75) is 51.6 Å². The number of hydrogen-bond acceptors (Lipinski definition) is 4. The van der Waals surface area contributed by atoms with Crippen LogP contribution in [0.3, 0.4) is 0 Å². The molecular weight excluding hydrogens is 322 g/mol. The van der Waals surface area contributed by atoms with Gasteiger partial charge in [-0.05, 0) is 37.5 Å². The fourth-order valence-electron chi connectivity index (χ4n) is 3.36. The summed E-state index contributed by atoms with van der Waals surface area (Å²) in [5.74, 6) is 0.135. The summed E-state index contributed by atoms with van der Waals surface area (Å²) in [5, 5.41) is 1.85. The molecule has 0 aromatic carbocycles. The maximum atomic E-state index is 12.9. The van der Waals surface area contributed by atoms with E-state index in [-0.39, 0.29) is 16.8 Å². The van der Waals surface area contributed by atoms with E-state index in [1.54, 1.807) is 17.0 Å². The molecule has 128 valence electrons. The number of nitrogens with zero attached hydrogens (tertiary/aromatic N) is 3. The molecule has 1 unspecified atom stereocenters. The molecule has 6 heteroatoms. The topological polar surface area (TPSA) is 55.2 Å². The molecule has 0 N–H and O–H groups in total. The molecule has 1 atom stereocenters. The Hall–Kier alpha value is -1.95. The number of carbonyl (C=O) groups is 1. The van der Waals surface area contributed by atoms with Crippen molar-refractivity contribution in [3.05, 3.63) is 50.8 Å². The van der Waals surface area contributed by atoms with Crippen molar-refractivity contribution in [3.63, 3.8) is 0 Å². The van der Waals surface area contributed by atoms with Crippen LogP contribution in [-0.4, -0.2) is 26.9 Å². The van der Waals surface area contributed by atoms with E-state index >= 15 is 0 Å². The Kier molecular flexibility index (Phi) is 5.45. The summed E-state index contributed by atoms with van der Waals surface area (Å²) in [6, 6.07) is 4.14. The lowest BCUT2D eigenvalue weighted by atomic mass is 10.0. The van der Waals surface area contributed by atoms with Crippen molar-refractivity contribution in [1.82, 2.24) is 14.5 Å². The quantitative estimate of drug-likeness (QED) is 0.855. The van der Waals surface area contributed by atoms with Gasteiger partial charge < -0.3 is 9.47 Å². The maximum Gasteiger partial charge on any atom is 0.307 e. The lowest BCUT2D eigenvalue weighted by molar-refractivity contribution is -0.133. The van der Waals surface area contributed by atoms with Crippen molar-refractivity contribution < 1.29 is 4.79 Å². The van der Waals surface area contributed by atoms with E-state index < -0.39 is 0 Å². The number of pyridine rings is 1. The number of likely N-dealkylation sites (tertiary alicyclic amines) is 1. The zero-order chi connectivity index (χ0) is 16.9. The zero-order valence-corrected chi connectivity index (χ0v) is 14.8. The van der Waals surface area contributed by atoms with Gasteiger partial charge in [-0.3, -0.25) is 14.6 Å². The van der Waals surface area contributed by atoms with Crippen LogP contribution in [-0.2, 0) is 11.3 Å². The third-order valence-electron chi connectivity index (χ3n) is 4.69. The van der Waals surface area contributed by atoms with Crippen LogP contribution in [0.1, 0.15) is 49.4 Å². The highest BCUT2D eigenvalue weighted by atomic mass is 32.1. The molecule has 3 rings (SSSR count). The average molecular weight is 345 g/mol. The van der Waals surface area contributed by atoms with Crippen LogP contribution in [0.15, 0.2) is 34.7 Å². The van der Waals surface area contributed by atoms with Crippen molar-refractivity contribution in [2.75, 3.05) is 6.54 Å². The SMILES string of the molecule is Cc1csc(=O)n1CCC(=O)N1CCCCCC1c1ccncc1. The van der Waals surface area contributed by atoms with Gasteiger partial charge >= 0.3 is 4.87 Å². The minimum absolute atomic E-state index is 0.0156. The Balaban J connectivity index is 1.74. The van der Waals surface area contributed by atoms with Crippen LogP contribution < -0.4 is 4.87 Å². The van der Waals surface area contributed by atoms with Crippen LogP contribution in [0.4, 0.5) is 0 Å². The first kappa shape index (κ1) is 16.9. The van der Waals surface area contributed by atoms with Gasteiger partial charge in [0.25, 0.3) is 0 Å². The minimum Gasteiger partial charge on any atom is -0.336 e. The average Bonchev–Trinajstić information content (AvgIpc) is 2.81. The number of aromatic nitrogens is 2. The normalized spacial score (nSPS) is 18.4. The van der Waals surface area contributed by atoms with E-state index in [2.05, 4.69) is 4.98 Å². The molecule has 0 spiro atoms. The monoisotopic (exact) mass is 345 g/mol. The van der Waals surface area contributed by atoms with E-state index in [4.69, 9.17) is 0 Å². The number of aryl methyl sites for hydroxylation is 1. The molecule has 2 aromatic rings. The fourth-order valence-corrected chi connectivity index (χ4v) is 4.13. The summed E-state index contributed by atoms with van der Waals surface area (Å²) in [7, 11) is 0. The number of carbonyl (C=O) groups excluding carboxylic acids is 1. The molecule has 1 fully saturated rings. The van der Waals surface area contributed by atoms with Crippen LogP contribution >= 0.6 is 11.3 Å². The molecule has 0 bridgehead atoms. The highest BCUT2D eigenvalue weighted by Gasteiger charge is 2.26. The predicted octanol–water partition coefficient (Wildman–Crippen LogP) is 3.15. The molecule has 1 amide bonds. The number of rotatable bonds is 4. The second kappa shape index (κ2) is 7.75. The van der Waals surface area contributed by atoms with Gasteiger partial charge in [0.15, 0.2) is 0 Å². The van der Waals surface area contributed by atoms with Crippen molar-refractivity contribution in [1.29, 1.82) is 0 Å². The standard InChI is InChI=1S/C18H23N3O2S/c1-14-13-24-18(23)20(14)12-8-17(22)21-11-4-2-3-5-16(21)15-6-9-19-10-7-15/h6-7,9-10,13,16H,2-5,8,11-12H2,1H3. The van der Waals surface area contributed by atoms with Gasteiger partial charge in [-0.1, -0.05) is 24.2 Å². The maximum absolute atomic E-state index is 12.9. The third-order valence-corrected chi connectivity index (χ3v) is 5.57. The van der Waals surface area contributed by atoms with Crippen LogP contribution in [0.5, 0.6) is 0 Å². The Morgan fingerprint density at radius 2 is 2.08 bits per heavy atom. The molecular formula is C18H23N3O2S. The number of hydrogen-bond donors (Lipinski definition) is 0. The van der Waals surface area contributed by atoms with E-state index in [0.29, 0.717) is 13.0 Å². The van der Waals surface area contributed by atoms with Crippen LogP contribution in [0, 0.1) is 6.92 Å². The second-order valence-corrected chi connectivity index (χ2v) is 7.10. The smallest absolute Gasteiger partial charge is 0.307 e. The summed E-state index contributed by atoms with van der Waals surface area (Å²) in [5.41, 5.74) is 2.09. The zero-order valence-electron chi connectivity index (χ0n) is 14.0. The molecule has 0 aliphatic carbocycles. The summed E-state index contributed by atoms with van der Waals surface area (Å²) < 4.78 is 1.70. The van der Waals surface area contributed by atoms with Crippen molar-refractivity contribution >= 4 is 17.2 Å². The molecule has 1 aliphatic rings. The first-order valence-electron chi connectivity index (χ1n) is 8.51. The fraction of sp³-hybridized carbons (Fsp3) is 0.500. The lowest BCUT2D eigenvalue weighted by Gasteiger charge is -2.30. The van der Waals surface area contributed by atoms with Gasteiger partial charge in [-0.2, -0.15) is 0 Å². The van der Waals surface area contributed by atoms with Crippen molar-refractivity contribution in [3.8, 4) is 0 Å². The highest BCUT2D eigenvalue weighted by Crippen LogP contribution is 2.30. The summed E-state index contributed by atoms with van der Waals surface area (Å²) in [6.07, 6.45) is 8.29. The number of thiazole rings is 1. The Labute approximate surface area is 146 Å². The molecule has 0 radical (unpaired) electrons. The third kappa shape index (κ3) is 3.75. The largest absolute Gasteiger partial charge is 0.336 e. The highest BCUT2D eigenvalue weighted by molar-refractivity contribution is 7.07. The van der Waals surface area contributed by atoms with E-state index in [1.165, 1.54) is 11.3 Å². The molecule has 1 saturated heterocycles. The van der Waals surface area contributed by atoms with Gasteiger partial charge in [0.05, 0.1) is 6.04 Å². The van der Waals surface area contributed by atoms with E-state index in [9.17, 15) is 9.59 Å². The summed E-state index contributed by atoms with van der Waals surface area (Å²) in [6.45, 7) is 3.17. The van der Waals surface area contributed by atoms with E-state index in [1.807, 2.05) is 29.3 Å². The molecule has 1 aliphatic heterocycles. The first-order valence-corrected chi connectivity index (χ1v) is 9.39.